The van der Waals surface area contributed by atoms with Crippen molar-refractivity contribution in [2.75, 3.05) is 18.0 Å². The molecule has 5 nitrogen and oxygen atoms in total. The van der Waals surface area contributed by atoms with Crippen molar-refractivity contribution in [2.24, 2.45) is 5.92 Å². The van der Waals surface area contributed by atoms with E-state index in [1.54, 1.807) is 0 Å². The Hall–Kier alpha value is -3.05. The van der Waals surface area contributed by atoms with Gasteiger partial charge in [-0.2, -0.15) is 0 Å². The summed E-state index contributed by atoms with van der Waals surface area (Å²) in [6.07, 6.45) is 3.73. The van der Waals surface area contributed by atoms with E-state index in [4.69, 9.17) is 16.6 Å². The van der Waals surface area contributed by atoms with Crippen LogP contribution in [0.4, 0.5) is 5.82 Å². The molecule has 0 saturated carbocycles. The number of aromatic nitrogens is 2. The molecule has 0 bridgehead atoms. The fourth-order valence-corrected chi connectivity index (χ4v) is 4.49. The lowest BCUT2D eigenvalue weighted by Gasteiger charge is -2.32. The molecule has 5 rings (SSSR count). The summed E-state index contributed by atoms with van der Waals surface area (Å²) in [6.45, 7) is 2.15. The SMILES string of the molecule is O=C(NCc1cccc(Cl)c1)C1CCN(c2nc3ccccc3n3cccc23)CC1. The quantitative estimate of drug-likeness (QED) is 0.523. The average Bonchev–Trinajstić information content (AvgIpc) is 3.27. The van der Waals surface area contributed by atoms with Gasteiger partial charge in [-0.3, -0.25) is 4.79 Å². The highest BCUT2D eigenvalue weighted by molar-refractivity contribution is 6.30. The number of rotatable bonds is 4. The third-order valence-electron chi connectivity index (χ3n) is 5.87. The number of anilines is 1. The topological polar surface area (TPSA) is 49.6 Å². The summed E-state index contributed by atoms with van der Waals surface area (Å²) in [4.78, 5) is 19.9. The van der Waals surface area contributed by atoms with Gasteiger partial charge >= 0.3 is 0 Å². The second-order valence-corrected chi connectivity index (χ2v) is 8.23. The summed E-state index contributed by atoms with van der Waals surface area (Å²) in [5.41, 5.74) is 4.22. The maximum absolute atomic E-state index is 12.7. The molecule has 30 heavy (non-hydrogen) atoms. The molecule has 152 valence electrons. The molecule has 0 atom stereocenters. The van der Waals surface area contributed by atoms with E-state index in [1.807, 2.05) is 42.5 Å². The summed E-state index contributed by atoms with van der Waals surface area (Å²) in [7, 11) is 0. The predicted octanol–water partition coefficient (Wildman–Crippen LogP) is 4.67. The highest BCUT2D eigenvalue weighted by Crippen LogP contribution is 2.29. The van der Waals surface area contributed by atoms with Crippen molar-refractivity contribution in [2.45, 2.75) is 19.4 Å². The fraction of sp³-hybridized carbons (Fsp3) is 0.250. The van der Waals surface area contributed by atoms with Gasteiger partial charge in [-0.15, -0.1) is 0 Å². The van der Waals surface area contributed by atoms with Crippen molar-refractivity contribution >= 4 is 39.9 Å². The molecule has 1 N–H and O–H groups in total. The zero-order chi connectivity index (χ0) is 20.5. The Morgan fingerprint density at radius 3 is 2.67 bits per heavy atom. The van der Waals surface area contributed by atoms with Gasteiger partial charge in [-0.25, -0.2) is 4.98 Å². The number of carbonyl (C=O) groups excluding carboxylic acids is 1. The van der Waals surface area contributed by atoms with Gasteiger partial charge in [0, 0.05) is 36.8 Å². The van der Waals surface area contributed by atoms with Gasteiger partial charge in [0.15, 0.2) is 5.82 Å². The first-order valence-electron chi connectivity index (χ1n) is 10.3. The van der Waals surface area contributed by atoms with Crippen molar-refractivity contribution in [3.05, 3.63) is 77.4 Å². The first-order valence-corrected chi connectivity index (χ1v) is 10.7. The van der Waals surface area contributed by atoms with Crippen LogP contribution in [0.25, 0.3) is 16.6 Å². The number of fused-ring (bicyclic) bond motifs is 3. The van der Waals surface area contributed by atoms with Crippen molar-refractivity contribution < 1.29 is 4.79 Å². The number of amides is 1. The van der Waals surface area contributed by atoms with Gasteiger partial charge in [-0.05, 0) is 54.8 Å². The van der Waals surface area contributed by atoms with E-state index >= 15 is 0 Å². The average molecular weight is 419 g/mol. The van der Waals surface area contributed by atoms with Gasteiger partial charge in [-0.1, -0.05) is 35.9 Å². The zero-order valence-corrected chi connectivity index (χ0v) is 17.3. The molecule has 0 radical (unpaired) electrons. The smallest absolute Gasteiger partial charge is 0.223 e. The first kappa shape index (κ1) is 18.9. The van der Waals surface area contributed by atoms with Crippen LogP contribution in [0.2, 0.25) is 5.02 Å². The van der Waals surface area contributed by atoms with Gasteiger partial charge in [0.2, 0.25) is 5.91 Å². The Morgan fingerprint density at radius 1 is 1.03 bits per heavy atom. The standard InChI is InChI=1S/C24H23ClN4O/c25-19-6-3-5-17(15-19)16-26-24(30)18-10-13-28(14-11-18)23-22-9-4-12-29(22)21-8-2-1-7-20(21)27-23/h1-9,12,15,18H,10-11,13-14,16H2,(H,26,30). The number of carbonyl (C=O) groups is 1. The normalized spacial score (nSPS) is 15.0. The van der Waals surface area contributed by atoms with Crippen LogP contribution in [0.3, 0.4) is 0 Å². The van der Waals surface area contributed by atoms with E-state index in [2.05, 4.69) is 39.0 Å². The largest absolute Gasteiger partial charge is 0.355 e. The van der Waals surface area contributed by atoms with Crippen LogP contribution >= 0.6 is 11.6 Å². The maximum atomic E-state index is 12.7. The van der Waals surface area contributed by atoms with Crippen molar-refractivity contribution in [3.63, 3.8) is 0 Å². The van der Waals surface area contributed by atoms with E-state index in [0.29, 0.717) is 11.6 Å². The molecule has 2 aromatic heterocycles. The Kier molecular flexibility index (Phi) is 5.05. The first-order chi connectivity index (χ1) is 14.7. The van der Waals surface area contributed by atoms with Crippen molar-refractivity contribution in [1.82, 2.24) is 14.7 Å². The Labute approximate surface area is 180 Å². The summed E-state index contributed by atoms with van der Waals surface area (Å²) in [5, 5.41) is 3.75. The van der Waals surface area contributed by atoms with Crippen LogP contribution < -0.4 is 10.2 Å². The predicted molar refractivity (Wildman–Crippen MR) is 121 cm³/mol. The minimum atomic E-state index is 0.0312. The lowest BCUT2D eigenvalue weighted by atomic mass is 9.95. The summed E-state index contributed by atoms with van der Waals surface area (Å²) in [6, 6.07) is 20.0. The molecule has 2 aromatic carbocycles. The second-order valence-electron chi connectivity index (χ2n) is 7.80. The number of hydrogen-bond donors (Lipinski definition) is 1. The molecule has 1 amide bonds. The van der Waals surface area contributed by atoms with Gasteiger partial charge in [0.1, 0.15) is 0 Å². The Morgan fingerprint density at radius 2 is 1.83 bits per heavy atom. The Bertz CT molecular complexity index is 1210. The van der Waals surface area contributed by atoms with E-state index in [0.717, 1.165) is 53.9 Å². The summed E-state index contributed by atoms with van der Waals surface area (Å²) < 4.78 is 2.20. The number of hydrogen-bond acceptors (Lipinski definition) is 3. The molecule has 4 aromatic rings. The number of piperidine rings is 1. The maximum Gasteiger partial charge on any atom is 0.223 e. The minimum absolute atomic E-state index is 0.0312. The lowest BCUT2D eigenvalue weighted by molar-refractivity contribution is -0.125. The van der Waals surface area contributed by atoms with E-state index < -0.39 is 0 Å². The monoisotopic (exact) mass is 418 g/mol. The number of halogens is 1. The van der Waals surface area contributed by atoms with Gasteiger partial charge < -0.3 is 14.6 Å². The highest BCUT2D eigenvalue weighted by atomic mass is 35.5. The molecule has 0 aliphatic carbocycles. The van der Waals surface area contributed by atoms with E-state index in [-0.39, 0.29) is 11.8 Å². The molecule has 0 spiro atoms. The number of nitrogens with one attached hydrogen (secondary N) is 1. The van der Waals surface area contributed by atoms with Crippen LogP contribution in [0.1, 0.15) is 18.4 Å². The zero-order valence-electron chi connectivity index (χ0n) is 16.6. The second kappa shape index (κ2) is 8.00. The van der Waals surface area contributed by atoms with Crippen molar-refractivity contribution in [1.29, 1.82) is 0 Å². The molecule has 1 aliphatic rings. The van der Waals surface area contributed by atoms with Gasteiger partial charge in [0.05, 0.1) is 16.6 Å². The molecule has 1 saturated heterocycles. The Balaban J connectivity index is 1.28. The number of benzene rings is 2. The fourth-order valence-electron chi connectivity index (χ4n) is 4.27. The van der Waals surface area contributed by atoms with E-state index in [1.165, 1.54) is 0 Å². The van der Waals surface area contributed by atoms with Crippen LogP contribution in [0, 0.1) is 5.92 Å². The number of para-hydroxylation sites is 2. The summed E-state index contributed by atoms with van der Waals surface area (Å²) in [5.74, 6) is 1.15. The lowest BCUT2D eigenvalue weighted by Crippen LogP contribution is -2.40. The molecule has 0 unspecified atom stereocenters. The van der Waals surface area contributed by atoms with Crippen LogP contribution in [-0.4, -0.2) is 28.4 Å². The van der Waals surface area contributed by atoms with Crippen LogP contribution in [0.15, 0.2) is 66.9 Å². The van der Waals surface area contributed by atoms with Crippen LogP contribution in [-0.2, 0) is 11.3 Å². The van der Waals surface area contributed by atoms with Crippen LogP contribution in [0.5, 0.6) is 0 Å². The third kappa shape index (κ3) is 3.61. The summed E-state index contributed by atoms with van der Waals surface area (Å²) >= 11 is 6.03. The van der Waals surface area contributed by atoms with Gasteiger partial charge in [0.25, 0.3) is 0 Å². The molecule has 3 heterocycles. The van der Waals surface area contributed by atoms with E-state index in [9.17, 15) is 4.79 Å². The molecular weight excluding hydrogens is 396 g/mol. The molecule has 1 aliphatic heterocycles. The molecule has 1 fully saturated rings. The highest BCUT2D eigenvalue weighted by Gasteiger charge is 2.26. The van der Waals surface area contributed by atoms with Crippen molar-refractivity contribution in [3.8, 4) is 0 Å². The number of nitrogens with zero attached hydrogens (tertiary/aromatic N) is 3. The third-order valence-corrected chi connectivity index (χ3v) is 6.10. The molecule has 6 heteroatoms. The molecular formula is C24H23ClN4O. The minimum Gasteiger partial charge on any atom is -0.355 e.